The van der Waals surface area contributed by atoms with Gasteiger partial charge < -0.3 is 5.11 Å². The lowest BCUT2D eigenvalue weighted by atomic mass is 10.3. The number of carboxylic acid groups (broad SMARTS) is 1. The summed E-state index contributed by atoms with van der Waals surface area (Å²) in [7, 11) is 0. The van der Waals surface area contributed by atoms with Crippen LogP contribution in [-0.2, 0) is 4.79 Å². The third-order valence-corrected chi connectivity index (χ3v) is 3.02. The van der Waals surface area contributed by atoms with Crippen molar-refractivity contribution in [3.8, 4) is 0 Å². The van der Waals surface area contributed by atoms with Crippen LogP contribution in [-0.4, -0.2) is 15.2 Å². The van der Waals surface area contributed by atoms with Gasteiger partial charge >= 0.3 is 5.97 Å². The molecule has 0 saturated heterocycles. The lowest BCUT2D eigenvalue weighted by molar-refractivity contribution is -0.138. The first-order chi connectivity index (χ1) is 5.01. The number of hydrogen-bond donors (Lipinski definition) is 3. The van der Waals surface area contributed by atoms with E-state index in [2.05, 4.69) is 25.3 Å². The van der Waals surface area contributed by atoms with Gasteiger partial charge in [0.05, 0.1) is 10.00 Å². The zero-order chi connectivity index (χ0) is 8.65. The lowest BCUT2D eigenvalue weighted by Crippen LogP contribution is -2.03. The summed E-state index contributed by atoms with van der Waals surface area (Å²) in [6, 6.07) is 0. The molecule has 1 saturated carbocycles. The molecule has 0 aromatic heterocycles. The molecule has 0 aromatic rings. The molecule has 4 heteroatoms. The van der Waals surface area contributed by atoms with Gasteiger partial charge in [-0.15, -0.1) is 0 Å². The minimum Gasteiger partial charge on any atom is -0.481 e. The predicted molar refractivity (Wildman–Crippen MR) is 50.1 cm³/mol. The number of carbonyl (C=O) groups is 1. The van der Waals surface area contributed by atoms with E-state index in [9.17, 15) is 4.79 Å². The van der Waals surface area contributed by atoms with Crippen LogP contribution in [0.15, 0.2) is 12.2 Å². The molecule has 1 N–H and O–H groups in total. The second-order valence-electron chi connectivity index (χ2n) is 2.65. The smallest absolute Gasteiger partial charge is 0.309 e. The van der Waals surface area contributed by atoms with Crippen LogP contribution >= 0.6 is 25.3 Å². The fourth-order valence-electron chi connectivity index (χ4n) is 1.18. The number of carboxylic acids is 1. The Morgan fingerprint density at radius 3 is 2.45 bits per heavy atom. The molecule has 0 aliphatic heterocycles. The van der Waals surface area contributed by atoms with E-state index < -0.39 is 16.0 Å². The first-order valence-corrected chi connectivity index (χ1v) is 4.21. The largest absolute Gasteiger partial charge is 0.481 e. The van der Waals surface area contributed by atoms with Gasteiger partial charge in [-0.05, 0) is 6.92 Å². The Morgan fingerprint density at radius 1 is 1.64 bits per heavy atom. The van der Waals surface area contributed by atoms with E-state index in [0.29, 0.717) is 0 Å². The van der Waals surface area contributed by atoms with E-state index >= 15 is 0 Å². The van der Waals surface area contributed by atoms with Crippen LogP contribution in [0.5, 0.6) is 0 Å². The Hall–Kier alpha value is -0.0900. The van der Waals surface area contributed by atoms with Crippen molar-refractivity contribution in [2.75, 3.05) is 0 Å². The maximum atomic E-state index is 10.5. The first kappa shape index (κ1) is 9.00. The molecule has 2 atom stereocenters. The van der Waals surface area contributed by atoms with Gasteiger partial charge in [0.25, 0.3) is 0 Å². The van der Waals surface area contributed by atoms with E-state index in [1.54, 1.807) is 0 Å². The van der Waals surface area contributed by atoms with Crippen LogP contribution < -0.4 is 0 Å². The van der Waals surface area contributed by atoms with Crippen molar-refractivity contribution in [1.29, 1.82) is 0 Å². The number of allylic oxidation sites excluding steroid dienone is 2. The number of hydrogen-bond acceptors (Lipinski definition) is 3. The molecular formula is C7H10O2S2. The third kappa shape index (κ3) is 1.42. The van der Waals surface area contributed by atoms with Gasteiger partial charge in [-0.1, -0.05) is 12.2 Å². The normalized spacial score (nSPS) is 34.1. The number of aliphatic carboxylic acids is 1. The fourth-order valence-corrected chi connectivity index (χ4v) is 2.05. The third-order valence-electron chi connectivity index (χ3n) is 1.86. The molecule has 62 valence electrons. The second kappa shape index (κ2) is 2.75. The molecule has 0 bridgehead atoms. The fraction of sp³-hybridized carbons (Fsp3) is 0.571. The zero-order valence-electron chi connectivity index (χ0n) is 6.06. The van der Waals surface area contributed by atoms with Crippen LogP contribution in [0.4, 0.5) is 0 Å². The monoisotopic (exact) mass is 190 g/mol. The van der Waals surface area contributed by atoms with Gasteiger partial charge in [0.15, 0.2) is 0 Å². The standard InChI is InChI=1S/C7H10O2S2/c1-2-3-4-5(6(8)9)7(4,10)11/h2-5,10-11H,1H3,(H,8,9). The Kier molecular flexibility index (Phi) is 2.25. The average Bonchev–Trinajstić information content (AvgIpc) is 2.35. The van der Waals surface area contributed by atoms with Crippen LogP contribution in [0.2, 0.25) is 0 Å². The van der Waals surface area contributed by atoms with Gasteiger partial charge in [-0.25, -0.2) is 0 Å². The Labute approximate surface area is 76.5 Å². The molecular weight excluding hydrogens is 180 g/mol. The molecule has 11 heavy (non-hydrogen) atoms. The molecule has 0 radical (unpaired) electrons. The van der Waals surface area contributed by atoms with Crippen LogP contribution in [0.1, 0.15) is 6.92 Å². The molecule has 0 spiro atoms. The highest BCUT2D eigenvalue weighted by Gasteiger charge is 2.63. The topological polar surface area (TPSA) is 37.3 Å². The maximum Gasteiger partial charge on any atom is 0.309 e. The van der Waals surface area contributed by atoms with Crippen molar-refractivity contribution in [3.05, 3.63) is 12.2 Å². The summed E-state index contributed by atoms with van der Waals surface area (Å²) in [4.78, 5) is 10.5. The molecule has 2 nitrogen and oxygen atoms in total. The van der Waals surface area contributed by atoms with Crippen molar-refractivity contribution in [2.24, 2.45) is 11.8 Å². The molecule has 1 aliphatic carbocycles. The van der Waals surface area contributed by atoms with Gasteiger partial charge in [0.2, 0.25) is 0 Å². The molecule has 0 aromatic carbocycles. The summed E-state index contributed by atoms with van der Waals surface area (Å²) in [5.41, 5.74) is 0. The highest BCUT2D eigenvalue weighted by Crippen LogP contribution is 2.59. The Bertz CT molecular complexity index is 210. The molecule has 2 unspecified atom stereocenters. The van der Waals surface area contributed by atoms with Crippen molar-refractivity contribution in [3.63, 3.8) is 0 Å². The highest BCUT2D eigenvalue weighted by atomic mass is 32.2. The van der Waals surface area contributed by atoms with Gasteiger partial charge in [-0.3, -0.25) is 4.79 Å². The highest BCUT2D eigenvalue weighted by molar-refractivity contribution is 8.01. The number of thiol groups is 2. The lowest BCUT2D eigenvalue weighted by Gasteiger charge is -1.94. The van der Waals surface area contributed by atoms with E-state index in [-0.39, 0.29) is 5.92 Å². The van der Waals surface area contributed by atoms with Gasteiger partial charge in [0, 0.05) is 5.92 Å². The first-order valence-electron chi connectivity index (χ1n) is 3.32. The van der Waals surface area contributed by atoms with Crippen LogP contribution in [0.25, 0.3) is 0 Å². The van der Waals surface area contributed by atoms with E-state index in [1.165, 1.54) is 0 Å². The van der Waals surface area contributed by atoms with Crippen molar-refractivity contribution >= 4 is 31.2 Å². The Balaban J connectivity index is 2.68. The average molecular weight is 190 g/mol. The quantitative estimate of drug-likeness (QED) is 0.350. The van der Waals surface area contributed by atoms with E-state index in [1.807, 2.05) is 19.1 Å². The summed E-state index contributed by atoms with van der Waals surface area (Å²) in [5, 5.41) is 8.65. The minimum atomic E-state index is -0.821. The molecule has 0 amide bonds. The van der Waals surface area contributed by atoms with Crippen molar-refractivity contribution in [2.45, 2.75) is 11.0 Å². The SMILES string of the molecule is CC=CC1C(C(=O)O)C1(S)S. The summed E-state index contributed by atoms with van der Waals surface area (Å²) in [6.07, 6.45) is 3.66. The van der Waals surface area contributed by atoms with Gasteiger partial charge in [-0.2, -0.15) is 25.3 Å². The molecule has 1 aliphatic rings. The minimum absolute atomic E-state index is 0.0309. The van der Waals surface area contributed by atoms with Crippen LogP contribution in [0, 0.1) is 11.8 Å². The zero-order valence-corrected chi connectivity index (χ0v) is 7.85. The van der Waals surface area contributed by atoms with Crippen LogP contribution in [0.3, 0.4) is 0 Å². The molecule has 0 heterocycles. The summed E-state index contributed by atoms with van der Waals surface area (Å²) in [5.74, 6) is -1.29. The van der Waals surface area contributed by atoms with E-state index in [4.69, 9.17) is 5.11 Å². The van der Waals surface area contributed by atoms with Crippen molar-refractivity contribution in [1.82, 2.24) is 0 Å². The second-order valence-corrected chi connectivity index (χ2v) is 4.48. The molecule has 1 fully saturated rings. The van der Waals surface area contributed by atoms with Gasteiger partial charge in [0.1, 0.15) is 0 Å². The molecule has 1 rings (SSSR count). The van der Waals surface area contributed by atoms with Crippen molar-refractivity contribution < 1.29 is 9.90 Å². The Morgan fingerprint density at radius 2 is 2.18 bits per heavy atom. The summed E-state index contributed by atoms with van der Waals surface area (Å²) < 4.78 is -0.641. The maximum absolute atomic E-state index is 10.5. The summed E-state index contributed by atoms with van der Waals surface area (Å²) in [6.45, 7) is 1.86. The summed E-state index contributed by atoms with van der Waals surface area (Å²) >= 11 is 8.26. The predicted octanol–water partition coefficient (Wildman–Crippen LogP) is 1.45. The van der Waals surface area contributed by atoms with E-state index in [0.717, 1.165) is 0 Å². The number of rotatable bonds is 2.